The molecule has 1 aromatic heterocycles. The lowest BCUT2D eigenvalue weighted by Crippen LogP contribution is -2.04. The summed E-state index contributed by atoms with van der Waals surface area (Å²) in [6, 6.07) is 9.36. The zero-order valence-corrected chi connectivity index (χ0v) is 10.7. The molecule has 0 aliphatic rings. The average molecular weight is 273 g/mol. The van der Waals surface area contributed by atoms with Crippen molar-refractivity contribution >= 4 is 11.7 Å². The summed E-state index contributed by atoms with van der Waals surface area (Å²) < 4.78 is 18.2. The number of H-pyrrole nitrogens is 1. The van der Waals surface area contributed by atoms with E-state index >= 15 is 0 Å². The predicted octanol–water partition coefficient (Wildman–Crippen LogP) is 2.42. The molecular formula is C14H12FN3O2. The highest BCUT2D eigenvalue weighted by molar-refractivity contribution is 5.87. The average Bonchev–Trinajstić information content (AvgIpc) is 2.94. The molecule has 0 aliphatic heterocycles. The molecule has 2 aromatic rings. The number of carbonyl (C=O) groups is 1. The van der Waals surface area contributed by atoms with Crippen molar-refractivity contribution < 1.29 is 13.9 Å². The number of hydrogen-bond acceptors (Lipinski definition) is 4. The maximum absolute atomic E-state index is 13.6. The van der Waals surface area contributed by atoms with E-state index < -0.39 is 11.8 Å². The molecule has 1 aromatic carbocycles. The molecule has 0 amide bonds. The van der Waals surface area contributed by atoms with Crippen LogP contribution in [0.1, 0.15) is 21.7 Å². The van der Waals surface area contributed by atoms with Crippen molar-refractivity contribution in [3.05, 3.63) is 53.1 Å². The molecule has 0 spiro atoms. The largest absolute Gasteiger partial charge is 0.464 e. The normalized spacial score (nSPS) is 9.85. The van der Waals surface area contributed by atoms with Crippen LogP contribution < -0.4 is 5.32 Å². The van der Waals surface area contributed by atoms with Crippen LogP contribution in [-0.2, 0) is 11.3 Å². The quantitative estimate of drug-likeness (QED) is 0.839. The predicted molar refractivity (Wildman–Crippen MR) is 70.6 cm³/mol. The van der Waals surface area contributed by atoms with E-state index in [9.17, 15) is 9.18 Å². The van der Waals surface area contributed by atoms with Crippen LogP contribution in [0.25, 0.3) is 0 Å². The van der Waals surface area contributed by atoms with Gasteiger partial charge in [-0.3, -0.25) is 0 Å². The smallest absolute Gasteiger partial charge is 0.354 e. The van der Waals surface area contributed by atoms with Crippen LogP contribution in [0.3, 0.4) is 0 Å². The molecule has 6 heteroatoms. The first kappa shape index (κ1) is 13.6. The number of rotatable bonds is 4. The third kappa shape index (κ3) is 2.95. The summed E-state index contributed by atoms with van der Waals surface area (Å²) in [4.78, 5) is 14.1. The molecule has 0 radical (unpaired) electrons. The van der Waals surface area contributed by atoms with Gasteiger partial charge in [0, 0.05) is 5.69 Å². The highest BCUT2D eigenvalue weighted by Gasteiger charge is 2.08. The molecule has 102 valence electrons. The highest BCUT2D eigenvalue weighted by Crippen LogP contribution is 2.16. The van der Waals surface area contributed by atoms with Gasteiger partial charge in [0.15, 0.2) is 0 Å². The summed E-state index contributed by atoms with van der Waals surface area (Å²) in [6.45, 7) is 0.319. The molecule has 20 heavy (non-hydrogen) atoms. The van der Waals surface area contributed by atoms with Crippen LogP contribution in [0.5, 0.6) is 0 Å². The van der Waals surface area contributed by atoms with Gasteiger partial charge in [0.05, 0.1) is 31.0 Å². The summed E-state index contributed by atoms with van der Waals surface area (Å²) in [5.41, 5.74) is 1.61. The number of carbonyl (C=O) groups excluding carboxylic acids is 1. The van der Waals surface area contributed by atoms with Gasteiger partial charge in [-0.1, -0.05) is 0 Å². The molecule has 0 fully saturated rings. The zero-order valence-electron chi connectivity index (χ0n) is 10.7. The number of ether oxygens (including phenoxy) is 1. The summed E-state index contributed by atoms with van der Waals surface area (Å²) >= 11 is 0. The standard InChI is InChI=1S/C14H12FN3O2/c1-20-14(19)13-5-3-10(18-13)8-17-12-4-2-9(7-16)6-11(12)15/h2-6,17-18H,8H2,1H3. The van der Waals surface area contributed by atoms with Crippen molar-refractivity contribution in [3.8, 4) is 6.07 Å². The fourth-order valence-corrected chi connectivity index (χ4v) is 1.69. The number of halogens is 1. The molecule has 0 bridgehead atoms. The van der Waals surface area contributed by atoms with Crippen LogP contribution in [-0.4, -0.2) is 18.1 Å². The van der Waals surface area contributed by atoms with Gasteiger partial charge in [-0.05, 0) is 30.3 Å². The number of hydrogen-bond donors (Lipinski definition) is 2. The Hall–Kier alpha value is -2.81. The number of nitrogens with zero attached hydrogens (tertiary/aromatic N) is 1. The number of nitrogens with one attached hydrogen (secondary N) is 2. The number of methoxy groups -OCH3 is 1. The van der Waals surface area contributed by atoms with Crippen molar-refractivity contribution in [2.75, 3.05) is 12.4 Å². The summed E-state index contributed by atoms with van der Waals surface area (Å²) in [6.07, 6.45) is 0. The molecular weight excluding hydrogens is 261 g/mol. The van der Waals surface area contributed by atoms with E-state index in [1.165, 1.54) is 19.2 Å². The molecule has 1 heterocycles. The van der Waals surface area contributed by atoms with Gasteiger partial charge in [0.1, 0.15) is 11.5 Å². The molecule has 2 rings (SSSR count). The Kier molecular flexibility index (Phi) is 4.01. The third-order valence-electron chi connectivity index (χ3n) is 2.72. The Morgan fingerprint density at radius 1 is 1.45 bits per heavy atom. The Morgan fingerprint density at radius 2 is 2.25 bits per heavy atom. The van der Waals surface area contributed by atoms with Crippen LogP contribution in [0.2, 0.25) is 0 Å². The summed E-state index contributed by atoms with van der Waals surface area (Å²) in [5.74, 6) is -0.954. The molecule has 0 atom stereocenters. The Morgan fingerprint density at radius 3 is 2.90 bits per heavy atom. The van der Waals surface area contributed by atoms with E-state index in [0.717, 1.165) is 6.07 Å². The molecule has 0 saturated heterocycles. The highest BCUT2D eigenvalue weighted by atomic mass is 19.1. The summed E-state index contributed by atoms with van der Waals surface area (Å²) in [7, 11) is 1.30. The topological polar surface area (TPSA) is 77.9 Å². The lowest BCUT2D eigenvalue weighted by molar-refractivity contribution is 0.0594. The Labute approximate surface area is 115 Å². The van der Waals surface area contributed by atoms with Crippen molar-refractivity contribution in [1.29, 1.82) is 5.26 Å². The summed E-state index contributed by atoms with van der Waals surface area (Å²) in [5, 5.41) is 11.5. The second-order valence-corrected chi connectivity index (χ2v) is 4.05. The number of esters is 1. The number of anilines is 1. The number of nitriles is 1. The van der Waals surface area contributed by atoms with Gasteiger partial charge < -0.3 is 15.0 Å². The van der Waals surface area contributed by atoms with E-state index in [-0.39, 0.29) is 5.56 Å². The first-order valence-corrected chi connectivity index (χ1v) is 5.83. The van der Waals surface area contributed by atoms with Crippen molar-refractivity contribution in [2.24, 2.45) is 0 Å². The lowest BCUT2D eigenvalue weighted by Gasteiger charge is -2.06. The van der Waals surface area contributed by atoms with E-state index in [1.54, 1.807) is 12.1 Å². The van der Waals surface area contributed by atoms with Crippen LogP contribution in [0.4, 0.5) is 10.1 Å². The fourth-order valence-electron chi connectivity index (χ4n) is 1.69. The van der Waals surface area contributed by atoms with Gasteiger partial charge in [0.25, 0.3) is 0 Å². The minimum absolute atomic E-state index is 0.265. The maximum atomic E-state index is 13.6. The van der Waals surface area contributed by atoms with Crippen LogP contribution in [0.15, 0.2) is 30.3 Å². The van der Waals surface area contributed by atoms with Crippen molar-refractivity contribution in [1.82, 2.24) is 4.98 Å². The van der Waals surface area contributed by atoms with Crippen LogP contribution in [0, 0.1) is 17.1 Å². The maximum Gasteiger partial charge on any atom is 0.354 e. The second kappa shape index (κ2) is 5.89. The van der Waals surface area contributed by atoms with Gasteiger partial charge in [-0.2, -0.15) is 5.26 Å². The molecule has 0 saturated carbocycles. The first-order chi connectivity index (χ1) is 9.63. The minimum atomic E-state index is -0.496. The Balaban J connectivity index is 2.04. The fraction of sp³-hybridized carbons (Fsp3) is 0.143. The van der Waals surface area contributed by atoms with Gasteiger partial charge >= 0.3 is 5.97 Å². The van der Waals surface area contributed by atoms with Crippen LogP contribution >= 0.6 is 0 Å². The third-order valence-corrected chi connectivity index (χ3v) is 2.72. The Bertz CT molecular complexity index is 673. The number of aromatic nitrogens is 1. The molecule has 5 nitrogen and oxygen atoms in total. The number of benzene rings is 1. The molecule has 2 N–H and O–H groups in total. The van der Waals surface area contributed by atoms with E-state index in [4.69, 9.17) is 5.26 Å². The lowest BCUT2D eigenvalue weighted by atomic mass is 10.2. The minimum Gasteiger partial charge on any atom is -0.464 e. The van der Waals surface area contributed by atoms with Crippen molar-refractivity contribution in [3.63, 3.8) is 0 Å². The van der Waals surface area contributed by atoms with Gasteiger partial charge in [-0.15, -0.1) is 0 Å². The van der Waals surface area contributed by atoms with Crippen molar-refractivity contribution in [2.45, 2.75) is 6.54 Å². The second-order valence-electron chi connectivity index (χ2n) is 4.05. The van der Waals surface area contributed by atoms with E-state index in [2.05, 4.69) is 15.0 Å². The van der Waals surface area contributed by atoms with Gasteiger partial charge in [0.2, 0.25) is 0 Å². The van der Waals surface area contributed by atoms with E-state index in [1.807, 2.05) is 6.07 Å². The van der Waals surface area contributed by atoms with E-state index in [0.29, 0.717) is 23.6 Å². The SMILES string of the molecule is COC(=O)c1ccc(CNc2ccc(C#N)cc2F)[nH]1. The first-order valence-electron chi connectivity index (χ1n) is 5.83. The molecule has 0 aliphatic carbocycles. The number of aromatic amines is 1. The monoisotopic (exact) mass is 273 g/mol. The van der Waals surface area contributed by atoms with Gasteiger partial charge in [-0.25, -0.2) is 9.18 Å². The zero-order chi connectivity index (χ0) is 14.5. The molecule has 0 unspecified atom stereocenters.